The van der Waals surface area contributed by atoms with Crippen molar-refractivity contribution in [3.8, 4) is 0 Å². The van der Waals surface area contributed by atoms with Crippen LogP contribution in [0.2, 0.25) is 0 Å². The molecule has 0 aliphatic carbocycles. The molecule has 0 bridgehead atoms. The molecule has 0 saturated carbocycles. The van der Waals surface area contributed by atoms with Gasteiger partial charge in [-0.3, -0.25) is 0 Å². The molecule has 2 aromatic carbocycles. The first-order valence-electron chi connectivity index (χ1n) is 9.47. The Morgan fingerprint density at radius 2 is 1.38 bits per heavy atom. The Hall–Kier alpha value is -0.440. The molecule has 2 aliphatic rings. The minimum Gasteiger partial charge on any atom is -0.0688 e. The van der Waals surface area contributed by atoms with Gasteiger partial charge >= 0.3 is 0 Å². The van der Waals surface area contributed by atoms with Crippen LogP contribution in [0.4, 0.5) is 0 Å². The second kappa shape index (κ2) is 6.07. The highest BCUT2D eigenvalue weighted by atomic mass is 31.1. The lowest BCUT2D eigenvalue weighted by Gasteiger charge is -2.35. The van der Waals surface area contributed by atoms with E-state index in [1.54, 1.807) is 16.0 Å². The molecule has 2 unspecified atom stereocenters. The molecular formula is C22H30P2. The zero-order valence-corrected chi connectivity index (χ0v) is 17.4. The van der Waals surface area contributed by atoms with E-state index in [1.165, 1.54) is 43.4 Å². The van der Waals surface area contributed by atoms with E-state index in [1.807, 2.05) is 0 Å². The predicted molar refractivity (Wildman–Crippen MR) is 113 cm³/mol. The zero-order valence-electron chi connectivity index (χ0n) is 15.6. The van der Waals surface area contributed by atoms with Crippen LogP contribution in [0.3, 0.4) is 0 Å². The van der Waals surface area contributed by atoms with Crippen molar-refractivity contribution in [1.82, 2.24) is 0 Å². The molecule has 0 nitrogen and oxygen atoms in total. The molecule has 2 saturated heterocycles. The maximum atomic E-state index is 2.53. The van der Waals surface area contributed by atoms with Gasteiger partial charge in [0, 0.05) is 0 Å². The van der Waals surface area contributed by atoms with Crippen molar-refractivity contribution in [1.29, 1.82) is 0 Å². The van der Waals surface area contributed by atoms with Crippen LogP contribution in [0.1, 0.15) is 53.4 Å². The number of hydrogen-bond acceptors (Lipinski definition) is 0. The topological polar surface area (TPSA) is 0 Å². The monoisotopic (exact) mass is 356 g/mol. The standard InChI is InChI=1S/C22H30P2/c1-21(2)13-7-15-23(21)19-12-11-17-9-5-6-10-18(17)20(19)24-16-8-14-22(24,3)4/h5-6,9-12H,7-8,13-16H2,1-4H3. The summed E-state index contributed by atoms with van der Waals surface area (Å²) in [5.41, 5.74) is 0. The summed E-state index contributed by atoms with van der Waals surface area (Å²) in [6.45, 7) is 10.1. The number of hydrogen-bond donors (Lipinski definition) is 0. The molecule has 2 aliphatic heterocycles. The van der Waals surface area contributed by atoms with Crippen molar-refractivity contribution in [3.05, 3.63) is 36.4 Å². The van der Waals surface area contributed by atoms with Crippen LogP contribution in [-0.4, -0.2) is 22.6 Å². The Kier molecular flexibility index (Phi) is 4.30. The Bertz CT molecular complexity index is 760. The minimum absolute atomic E-state index is 0.0188. The third-order valence-corrected chi connectivity index (χ3v) is 13.3. The van der Waals surface area contributed by atoms with Crippen molar-refractivity contribution in [3.63, 3.8) is 0 Å². The van der Waals surface area contributed by atoms with Gasteiger partial charge in [0.2, 0.25) is 0 Å². The van der Waals surface area contributed by atoms with E-state index in [-0.39, 0.29) is 15.8 Å². The van der Waals surface area contributed by atoms with E-state index >= 15 is 0 Å². The van der Waals surface area contributed by atoms with Crippen LogP contribution in [0.15, 0.2) is 36.4 Å². The second-order valence-electron chi connectivity index (χ2n) is 8.79. The van der Waals surface area contributed by atoms with E-state index in [0.29, 0.717) is 10.3 Å². The van der Waals surface area contributed by atoms with E-state index in [9.17, 15) is 0 Å². The Balaban J connectivity index is 1.95. The highest BCUT2D eigenvalue weighted by Crippen LogP contribution is 2.62. The quantitative estimate of drug-likeness (QED) is 0.562. The molecule has 2 heterocycles. The van der Waals surface area contributed by atoms with Crippen molar-refractivity contribution in [2.24, 2.45) is 0 Å². The summed E-state index contributed by atoms with van der Waals surface area (Å²) >= 11 is 0. The largest absolute Gasteiger partial charge is 0.0688 e. The zero-order chi connectivity index (χ0) is 16.9. The molecule has 0 N–H and O–H groups in total. The lowest BCUT2D eigenvalue weighted by Crippen LogP contribution is -2.32. The van der Waals surface area contributed by atoms with Gasteiger partial charge in [0.1, 0.15) is 0 Å². The third-order valence-electron chi connectivity index (χ3n) is 6.24. The smallest absolute Gasteiger partial charge is 0.00803 e. The number of fused-ring (bicyclic) bond motifs is 1. The van der Waals surface area contributed by atoms with Crippen molar-refractivity contribution >= 4 is 37.2 Å². The summed E-state index contributed by atoms with van der Waals surface area (Å²) in [5.74, 6) is 0. The van der Waals surface area contributed by atoms with Crippen LogP contribution in [-0.2, 0) is 0 Å². The number of benzene rings is 2. The molecule has 0 aromatic heterocycles. The third kappa shape index (κ3) is 2.75. The first kappa shape index (κ1) is 17.0. The maximum absolute atomic E-state index is 2.53. The predicted octanol–water partition coefficient (Wildman–Crippen LogP) is 6.20. The van der Waals surface area contributed by atoms with Crippen molar-refractivity contribution in [2.45, 2.75) is 63.7 Å². The van der Waals surface area contributed by atoms with Gasteiger partial charge < -0.3 is 0 Å². The van der Waals surface area contributed by atoms with Gasteiger partial charge in [-0.2, -0.15) is 0 Å². The van der Waals surface area contributed by atoms with Gasteiger partial charge in [0.15, 0.2) is 0 Å². The summed E-state index contributed by atoms with van der Waals surface area (Å²) in [6, 6.07) is 14.1. The summed E-state index contributed by atoms with van der Waals surface area (Å²) in [7, 11) is -0.0643. The Labute approximate surface area is 149 Å². The SMILES string of the molecule is CC1(C)CCCP1c1ccc2ccccc2c1P1CCCC1(C)C. The highest BCUT2D eigenvalue weighted by Gasteiger charge is 2.41. The first-order chi connectivity index (χ1) is 11.4. The Morgan fingerprint density at radius 1 is 0.750 bits per heavy atom. The average molecular weight is 356 g/mol. The molecule has 0 spiro atoms. The van der Waals surface area contributed by atoms with E-state index in [4.69, 9.17) is 0 Å². The van der Waals surface area contributed by atoms with E-state index < -0.39 is 0 Å². The second-order valence-corrected chi connectivity index (χ2v) is 14.7. The average Bonchev–Trinajstić information content (AvgIpc) is 3.07. The minimum atomic E-state index is -0.0454. The molecule has 2 atom stereocenters. The van der Waals surface area contributed by atoms with E-state index in [0.717, 1.165) is 0 Å². The van der Waals surface area contributed by atoms with E-state index in [2.05, 4.69) is 64.1 Å². The number of rotatable bonds is 2. The summed E-state index contributed by atoms with van der Waals surface area (Å²) in [5, 5.41) is 7.62. The van der Waals surface area contributed by atoms with Gasteiger partial charge in [-0.05, 0) is 69.7 Å². The summed E-state index contributed by atoms with van der Waals surface area (Å²) in [6.07, 6.45) is 8.54. The normalized spacial score (nSPS) is 28.5. The van der Waals surface area contributed by atoms with Crippen LogP contribution in [0.25, 0.3) is 10.8 Å². The molecule has 2 heteroatoms. The summed E-state index contributed by atoms with van der Waals surface area (Å²) < 4.78 is 0. The van der Waals surface area contributed by atoms with Gasteiger partial charge in [-0.1, -0.05) is 79.9 Å². The van der Waals surface area contributed by atoms with Crippen molar-refractivity contribution in [2.75, 3.05) is 12.3 Å². The van der Waals surface area contributed by atoms with Gasteiger partial charge in [-0.15, -0.1) is 0 Å². The fourth-order valence-corrected chi connectivity index (χ4v) is 11.8. The molecule has 0 radical (unpaired) electrons. The van der Waals surface area contributed by atoms with Crippen LogP contribution < -0.4 is 10.6 Å². The molecule has 128 valence electrons. The van der Waals surface area contributed by atoms with Crippen LogP contribution in [0.5, 0.6) is 0 Å². The van der Waals surface area contributed by atoms with Gasteiger partial charge in [-0.25, -0.2) is 0 Å². The first-order valence-corrected chi connectivity index (χ1v) is 12.5. The molecular weight excluding hydrogens is 326 g/mol. The van der Waals surface area contributed by atoms with Crippen LogP contribution in [0, 0.1) is 0 Å². The Morgan fingerprint density at radius 3 is 2.00 bits per heavy atom. The molecule has 4 rings (SSSR count). The maximum Gasteiger partial charge on any atom is -0.00803 e. The van der Waals surface area contributed by atoms with Crippen LogP contribution >= 0.6 is 15.8 Å². The lowest BCUT2D eigenvalue weighted by molar-refractivity contribution is 0.658. The summed E-state index contributed by atoms with van der Waals surface area (Å²) in [4.78, 5) is 0. The fraction of sp³-hybridized carbons (Fsp3) is 0.545. The molecule has 2 aromatic rings. The van der Waals surface area contributed by atoms with Gasteiger partial charge in [0.05, 0.1) is 0 Å². The molecule has 0 amide bonds. The lowest BCUT2D eigenvalue weighted by atomic mass is 10.1. The highest BCUT2D eigenvalue weighted by molar-refractivity contribution is 7.74. The molecule has 24 heavy (non-hydrogen) atoms. The van der Waals surface area contributed by atoms with Crippen molar-refractivity contribution < 1.29 is 0 Å². The molecule has 2 fully saturated rings. The van der Waals surface area contributed by atoms with Gasteiger partial charge in [0.25, 0.3) is 0 Å². The fourth-order valence-electron chi connectivity index (χ4n) is 4.82.